The van der Waals surface area contributed by atoms with Gasteiger partial charge in [0.15, 0.2) is 11.6 Å². The fourth-order valence-electron chi connectivity index (χ4n) is 3.37. The van der Waals surface area contributed by atoms with Gasteiger partial charge in [0.05, 0.1) is 23.3 Å². The Morgan fingerprint density at radius 2 is 2.03 bits per heavy atom. The molecule has 0 bridgehead atoms. The number of nitro groups is 1. The van der Waals surface area contributed by atoms with Crippen molar-refractivity contribution in [1.82, 2.24) is 19.9 Å². The third kappa shape index (κ3) is 4.98. The Kier molecular flexibility index (Phi) is 6.72. The third-order valence-corrected chi connectivity index (χ3v) is 5.36. The predicted molar refractivity (Wildman–Crippen MR) is 119 cm³/mol. The van der Waals surface area contributed by atoms with Crippen molar-refractivity contribution in [2.45, 2.75) is 18.9 Å². The van der Waals surface area contributed by atoms with E-state index >= 15 is 0 Å². The number of halogens is 2. The lowest BCUT2D eigenvalue weighted by molar-refractivity contribution is -0.385. The highest BCUT2D eigenvalue weighted by Gasteiger charge is 2.32. The van der Waals surface area contributed by atoms with Crippen molar-refractivity contribution >= 4 is 28.9 Å². The summed E-state index contributed by atoms with van der Waals surface area (Å²) in [7, 11) is 1.49. The van der Waals surface area contributed by atoms with Crippen molar-refractivity contribution in [3.05, 3.63) is 51.7 Å². The maximum absolute atomic E-state index is 13.2. The minimum Gasteiger partial charge on any atom is -0.497 e. The quantitative estimate of drug-likeness (QED) is 0.382. The predicted octanol–water partition coefficient (Wildman–Crippen LogP) is 3.40. The molecule has 178 valence electrons. The van der Waals surface area contributed by atoms with Gasteiger partial charge in [-0.1, -0.05) is 11.6 Å². The van der Waals surface area contributed by atoms with Crippen molar-refractivity contribution in [2.24, 2.45) is 0 Å². The Hall–Kier alpha value is -4.00. The molecule has 0 aliphatic carbocycles. The fourth-order valence-corrected chi connectivity index (χ4v) is 3.58. The number of ether oxygens (including phenoxy) is 3. The minimum absolute atomic E-state index is 0.0302. The molecule has 0 spiro atoms. The number of piperidine rings is 1. The highest BCUT2D eigenvalue weighted by Crippen LogP contribution is 2.39. The van der Waals surface area contributed by atoms with Crippen LogP contribution in [0.25, 0.3) is 0 Å². The topological polar surface area (TPSA) is 152 Å². The second kappa shape index (κ2) is 9.87. The summed E-state index contributed by atoms with van der Waals surface area (Å²) >= 11 is 6.20. The lowest BCUT2D eigenvalue weighted by atomic mass is 10.1. The lowest BCUT2D eigenvalue weighted by Gasteiger charge is -2.32. The Morgan fingerprint density at radius 3 is 2.68 bits per heavy atom. The fraction of sp³-hybridized carbons (Fsp3) is 0.300. The maximum Gasteiger partial charge on any atom is 0.373 e. The number of hydrogen-bond donors (Lipinski definition) is 1. The first-order valence-corrected chi connectivity index (χ1v) is 10.4. The molecule has 1 aliphatic heterocycles. The molecule has 1 aromatic carbocycles. The van der Waals surface area contributed by atoms with Crippen LogP contribution in [0.2, 0.25) is 5.02 Å². The molecule has 3 aromatic rings. The van der Waals surface area contributed by atoms with Crippen molar-refractivity contribution < 1.29 is 23.5 Å². The zero-order valence-electron chi connectivity index (χ0n) is 17.9. The smallest absolute Gasteiger partial charge is 0.373 e. The van der Waals surface area contributed by atoms with Crippen LogP contribution in [-0.2, 0) is 0 Å². The van der Waals surface area contributed by atoms with Crippen molar-refractivity contribution in [3.8, 4) is 23.4 Å². The zero-order valence-corrected chi connectivity index (χ0v) is 18.6. The molecule has 0 unspecified atom stereocenters. The molecule has 4 rings (SSSR count). The first-order chi connectivity index (χ1) is 16.4. The third-order valence-electron chi connectivity index (χ3n) is 5.06. The van der Waals surface area contributed by atoms with E-state index in [4.69, 9.17) is 31.5 Å². The molecule has 2 N–H and O–H groups in total. The molecule has 0 atom stereocenters. The van der Waals surface area contributed by atoms with E-state index in [0.29, 0.717) is 31.7 Å². The second-order valence-corrected chi connectivity index (χ2v) is 7.60. The monoisotopic (exact) mass is 491 g/mol. The highest BCUT2D eigenvalue weighted by molar-refractivity contribution is 6.32. The van der Waals surface area contributed by atoms with E-state index < -0.39 is 10.7 Å². The Bertz CT molecular complexity index is 1210. The van der Waals surface area contributed by atoms with Crippen LogP contribution < -0.4 is 24.8 Å². The molecular formula is C20H19ClFN7O5. The number of aromatic nitrogens is 4. The van der Waals surface area contributed by atoms with Crippen LogP contribution in [0.3, 0.4) is 0 Å². The summed E-state index contributed by atoms with van der Waals surface area (Å²) in [5.74, 6) is -0.471. The van der Waals surface area contributed by atoms with Gasteiger partial charge in [0.25, 0.3) is 0 Å². The lowest BCUT2D eigenvalue weighted by Crippen LogP contribution is -2.39. The molecule has 1 saturated heterocycles. The van der Waals surface area contributed by atoms with E-state index in [2.05, 4.69) is 19.9 Å². The van der Waals surface area contributed by atoms with Crippen LogP contribution in [0.15, 0.2) is 30.7 Å². The summed E-state index contributed by atoms with van der Waals surface area (Å²) < 4.78 is 29.7. The van der Waals surface area contributed by atoms with Crippen LogP contribution >= 0.6 is 11.6 Å². The highest BCUT2D eigenvalue weighted by atomic mass is 35.5. The average Bonchev–Trinajstić information content (AvgIpc) is 2.83. The largest absolute Gasteiger partial charge is 0.497 e. The molecule has 1 aliphatic rings. The minimum atomic E-state index is -0.729. The van der Waals surface area contributed by atoms with Crippen LogP contribution in [-0.4, -0.2) is 51.2 Å². The zero-order chi connectivity index (χ0) is 24.2. The van der Waals surface area contributed by atoms with Gasteiger partial charge in [-0.25, -0.2) is 14.4 Å². The van der Waals surface area contributed by atoms with E-state index in [0.717, 1.165) is 6.20 Å². The number of anilines is 2. The molecule has 2 aromatic heterocycles. The molecule has 12 nitrogen and oxygen atoms in total. The number of nitrogen functional groups attached to an aromatic ring is 1. The molecule has 0 radical (unpaired) electrons. The van der Waals surface area contributed by atoms with Gasteiger partial charge < -0.3 is 24.8 Å². The maximum atomic E-state index is 13.2. The normalized spacial score (nSPS) is 14.0. The van der Waals surface area contributed by atoms with E-state index in [9.17, 15) is 14.5 Å². The summed E-state index contributed by atoms with van der Waals surface area (Å²) in [6.07, 6.45) is 2.82. The van der Waals surface area contributed by atoms with Gasteiger partial charge in [-0.2, -0.15) is 9.97 Å². The van der Waals surface area contributed by atoms with Gasteiger partial charge in [-0.15, -0.1) is 0 Å². The van der Waals surface area contributed by atoms with Gasteiger partial charge in [0, 0.05) is 32.0 Å². The molecule has 0 saturated carbocycles. The molecule has 1 fully saturated rings. The van der Waals surface area contributed by atoms with Gasteiger partial charge in [-0.3, -0.25) is 10.1 Å². The van der Waals surface area contributed by atoms with E-state index in [1.54, 1.807) is 11.0 Å². The Morgan fingerprint density at radius 1 is 1.26 bits per heavy atom. The van der Waals surface area contributed by atoms with Gasteiger partial charge in [0.2, 0.25) is 5.82 Å². The van der Waals surface area contributed by atoms with Crippen molar-refractivity contribution in [1.29, 1.82) is 0 Å². The first kappa shape index (κ1) is 23.2. The van der Waals surface area contributed by atoms with Crippen LogP contribution in [0.4, 0.5) is 21.7 Å². The Balaban J connectivity index is 1.50. The van der Waals surface area contributed by atoms with E-state index in [-0.39, 0.29) is 46.1 Å². The van der Waals surface area contributed by atoms with Crippen molar-refractivity contribution in [2.75, 3.05) is 30.8 Å². The van der Waals surface area contributed by atoms with Crippen LogP contribution in [0.1, 0.15) is 12.8 Å². The number of nitrogens with two attached hydrogens (primary N) is 1. The van der Waals surface area contributed by atoms with Crippen LogP contribution in [0, 0.1) is 15.9 Å². The van der Waals surface area contributed by atoms with E-state index in [1.165, 1.54) is 25.6 Å². The number of rotatable bonds is 7. The summed E-state index contributed by atoms with van der Waals surface area (Å²) in [4.78, 5) is 28.6. The number of methoxy groups -OCH3 is 1. The second-order valence-electron chi connectivity index (χ2n) is 7.20. The summed E-state index contributed by atoms with van der Waals surface area (Å²) in [5, 5.41) is 12.1. The van der Waals surface area contributed by atoms with Crippen LogP contribution in [0.5, 0.6) is 23.4 Å². The molecule has 3 heterocycles. The van der Waals surface area contributed by atoms with E-state index in [1.807, 2.05) is 0 Å². The number of nitrogens with zero attached hydrogens (tertiary/aromatic N) is 6. The van der Waals surface area contributed by atoms with Gasteiger partial charge in [-0.05, 0) is 12.1 Å². The Labute approximate surface area is 197 Å². The summed E-state index contributed by atoms with van der Waals surface area (Å²) in [6.45, 7) is 0.782. The SMILES string of the molecule is COc1ccc(Oc2ncnc(N3CCC(Oc4ncc(F)c(N)n4)CC3)c2[N+](=O)[O-])c(Cl)c1. The first-order valence-electron chi connectivity index (χ1n) is 10.1. The average molecular weight is 492 g/mol. The number of benzene rings is 1. The standard InChI is InChI=1S/C20H19ClFN7O5/c1-32-12-2-3-15(13(21)8-12)34-19-16(29(30)31)18(25-10-26-19)28-6-4-11(5-7-28)33-20-24-9-14(22)17(23)27-20/h2-3,8-11H,4-7H2,1H3,(H2,23,24,27). The molecule has 14 heteroatoms. The molecular weight excluding hydrogens is 473 g/mol. The molecule has 34 heavy (non-hydrogen) atoms. The summed E-state index contributed by atoms with van der Waals surface area (Å²) in [5.41, 5.74) is 5.06. The van der Waals surface area contributed by atoms with Gasteiger partial charge >= 0.3 is 17.6 Å². The van der Waals surface area contributed by atoms with Crippen molar-refractivity contribution in [3.63, 3.8) is 0 Å². The van der Waals surface area contributed by atoms with Gasteiger partial charge in [0.1, 0.15) is 23.9 Å². The number of hydrogen-bond acceptors (Lipinski definition) is 11. The summed E-state index contributed by atoms with van der Waals surface area (Å²) in [6, 6.07) is 4.63. The molecule has 0 amide bonds.